The summed E-state index contributed by atoms with van der Waals surface area (Å²) in [6.07, 6.45) is 2.47. The highest BCUT2D eigenvalue weighted by Crippen LogP contribution is 2.29. The van der Waals surface area contributed by atoms with E-state index in [4.69, 9.17) is 4.74 Å². The average molecular weight is 249 g/mol. The van der Waals surface area contributed by atoms with Gasteiger partial charge in [-0.1, -0.05) is 6.07 Å². The van der Waals surface area contributed by atoms with Crippen molar-refractivity contribution in [1.29, 1.82) is 0 Å². The number of pyridine rings is 1. The molecule has 2 aromatic heterocycles. The quantitative estimate of drug-likeness (QED) is 0.819. The number of thioether (sulfide) groups is 1. The lowest BCUT2D eigenvalue weighted by Gasteiger charge is -2.17. The van der Waals surface area contributed by atoms with Gasteiger partial charge in [0.2, 0.25) is 5.88 Å². The summed E-state index contributed by atoms with van der Waals surface area (Å²) in [5, 5.41) is 4.57. The molecule has 0 amide bonds. The first-order valence-corrected chi connectivity index (χ1v) is 7.01. The second kappa shape index (κ2) is 4.56. The van der Waals surface area contributed by atoms with Crippen LogP contribution in [0.15, 0.2) is 18.2 Å². The molecule has 1 saturated heterocycles. The molecule has 0 radical (unpaired) electrons. The first kappa shape index (κ1) is 10.9. The summed E-state index contributed by atoms with van der Waals surface area (Å²) in [5.41, 5.74) is 0.870. The molecule has 4 nitrogen and oxygen atoms in total. The van der Waals surface area contributed by atoms with E-state index in [0.717, 1.165) is 23.1 Å². The summed E-state index contributed by atoms with van der Waals surface area (Å²) in [5.74, 6) is 4.61. The van der Waals surface area contributed by atoms with Crippen molar-refractivity contribution in [2.24, 2.45) is 0 Å². The molecule has 1 unspecified atom stereocenters. The second-order valence-corrected chi connectivity index (χ2v) is 5.37. The normalized spacial score (nSPS) is 20.6. The van der Waals surface area contributed by atoms with Gasteiger partial charge in [0.1, 0.15) is 0 Å². The van der Waals surface area contributed by atoms with Gasteiger partial charge in [0.15, 0.2) is 11.5 Å². The Hall–Kier alpha value is -1.23. The third kappa shape index (κ3) is 1.99. The fourth-order valence-corrected chi connectivity index (χ4v) is 3.31. The van der Waals surface area contributed by atoms with E-state index in [1.165, 1.54) is 18.6 Å². The Bertz CT molecular complexity index is 519. The lowest BCUT2D eigenvalue weighted by atomic mass is 10.1. The molecule has 0 aliphatic carbocycles. The van der Waals surface area contributed by atoms with Crippen molar-refractivity contribution < 1.29 is 4.74 Å². The number of hydrogen-bond donors (Lipinski definition) is 0. The van der Waals surface area contributed by atoms with Crippen molar-refractivity contribution >= 4 is 17.4 Å². The number of fused-ring (bicyclic) bond motifs is 1. The van der Waals surface area contributed by atoms with E-state index in [1.54, 1.807) is 11.6 Å². The minimum absolute atomic E-state index is 0.498. The van der Waals surface area contributed by atoms with Crippen molar-refractivity contribution in [1.82, 2.24) is 14.6 Å². The van der Waals surface area contributed by atoms with Crippen LogP contribution in [0.25, 0.3) is 5.65 Å². The summed E-state index contributed by atoms with van der Waals surface area (Å²) in [4.78, 5) is 4.60. The Labute approximate surface area is 104 Å². The highest BCUT2D eigenvalue weighted by molar-refractivity contribution is 7.99. The van der Waals surface area contributed by atoms with Gasteiger partial charge >= 0.3 is 0 Å². The Morgan fingerprint density at radius 3 is 3.18 bits per heavy atom. The monoisotopic (exact) mass is 249 g/mol. The largest absolute Gasteiger partial charge is 0.481 e. The summed E-state index contributed by atoms with van der Waals surface area (Å²) < 4.78 is 7.07. The third-order valence-electron chi connectivity index (χ3n) is 3.08. The van der Waals surface area contributed by atoms with Gasteiger partial charge in [0.25, 0.3) is 0 Å². The number of ether oxygens (including phenoxy) is 1. The summed E-state index contributed by atoms with van der Waals surface area (Å²) in [7, 11) is 1.66. The van der Waals surface area contributed by atoms with Crippen LogP contribution in [-0.4, -0.2) is 33.2 Å². The molecule has 1 fully saturated rings. The van der Waals surface area contributed by atoms with Gasteiger partial charge in [0.05, 0.1) is 7.11 Å². The minimum Gasteiger partial charge on any atom is -0.481 e. The standard InChI is InChI=1S/C12H15N3OS/c1-16-11-6-2-5-10-13-12(14-15(10)11)9-4-3-7-17-8-9/h2,5-6,9H,3-4,7-8H2,1H3. The molecule has 0 aromatic carbocycles. The van der Waals surface area contributed by atoms with Crippen molar-refractivity contribution in [3.63, 3.8) is 0 Å². The number of methoxy groups -OCH3 is 1. The van der Waals surface area contributed by atoms with Gasteiger partial charge < -0.3 is 4.74 Å². The van der Waals surface area contributed by atoms with Crippen LogP contribution in [0.4, 0.5) is 0 Å². The molecule has 90 valence electrons. The predicted molar refractivity (Wildman–Crippen MR) is 68.8 cm³/mol. The Kier molecular flexibility index (Phi) is 2.93. The van der Waals surface area contributed by atoms with Crippen LogP contribution in [-0.2, 0) is 0 Å². The zero-order chi connectivity index (χ0) is 11.7. The molecule has 1 atom stereocenters. The average Bonchev–Trinajstić information content (AvgIpc) is 2.83. The SMILES string of the molecule is COc1cccc2nc(C3CCCSC3)nn12. The molecule has 5 heteroatoms. The van der Waals surface area contributed by atoms with E-state index < -0.39 is 0 Å². The van der Waals surface area contributed by atoms with E-state index >= 15 is 0 Å². The van der Waals surface area contributed by atoms with Crippen LogP contribution in [0.1, 0.15) is 24.6 Å². The highest BCUT2D eigenvalue weighted by atomic mass is 32.2. The van der Waals surface area contributed by atoms with Crippen LogP contribution in [0, 0.1) is 0 Å². The fourth-order valence-electron chi connectivity index (χ4n) is 2.17. The maximum absolute atomic E-state index is 5.28. The molecule has 3 heterocycles. The van der Waals surface area contributed by atoms with Crippen LogP contribution < -0.4 is 4.74 Å². The van der Waals surface area contributed by atoms with Crippen LogP contribution >= 0.6 is 11.8 Å². The molecule has 0 saturated carbocycles. The van der Waals surface area contributed by atoms with Gasteiger partial charge in [-0.15, -0.1) is 5.10 Å². The number of nitrogens with zero attached hydrogens (tertiary/aromatic N) is 3. The summed E-state index contributed by atoms with van der Waals surface area (Å²) in [6.45, 7) is 0. The number of aromatic nitrogens is 3. The van der Waals surface area contributed by atoms with E-state index in [1.807, 2.05) is 30.0 Å². The van der Waals surface area contributed by atoms with Gasteiger partial charge in [-0.25, -0.2) is 4.98 Å². The van der Waals surface area contributed by atoms with Crippen molar-refractivity contribution in [2.45, 2.75) is 18.8 Å². The molecule has 0 spiro atoms. The van der Waals surface area contributed by atoms with Gasteiger partial charge in [0, 0.05) is 17.7 Å². The Morgan fingerprint density at radius 2 is 2.41 bits per heavy atom. The maximum Gasteiger partial charge on any atom is 0.216 e. The first-order valence-electron chi connectivity index (χ1n) is 5.86. The van der Waals surface area contributed by atoms with Crippen LogP contribution in [0.2, 0.25) is 0 Å². The van der Waals surface area contributed by atoms with Crippen LogP contribution in [0.3, 0.4) is 0 Å². The summed E-state index contributed by atoms with van der Waals surface area (Å²) in [6, 6.07) is 5.82. The molecule has 2 aromatic rings. The molecule has 3 rings (SSSR count). The molecular weight excluding hydrogens is 234 g/mol. The van der Waals surface area contributed by atoms with Crippen LogP contribution in [0.5, 0.6) is 5.88 Å². The lowest BCUT2D eigenvalue weighted by molar-refractivity contribution is 0.385. The topological polar surface area (TPSA) is 39.4 Å². The van der Waals surface area contributed by atoms with E-state index in [-0.39, 0.29) is 0 Å². The van der Waals surface area contributed by atoms with Gasteiger partial charge in [-0.2, -0.15) is 16.3 Å². The van der Waals surface area contributed by atoms with Gasteiger partial charge in [-0.05, 0) is 24.7 Å². The number of hydrogen-bond acceptors (Lipinski definition) is 4. The van der Waals surface area contributed by atoms with Crippen molar-refractivity contribution in [3.05, 3.63) is 24.0 Å². The predicted octanol–water partition coefficient (Wildman–Crippen LogP) is 2.35. The molecule has 1 aliphatic rings. The third-order valence-corrected chi connectivity index (χ3v) is 4.29. The zero-order valence-corrected chi connectivity index (χ0v) is 10.6. The highest BCUT2D eigenvalue weighted by Gasteiger charge is 2.20. The number of rotatable bonds is 2. The lowest BCUT2D eigenvalue weighted by Crippen LogP contribution is -2.10. The van der Waals surface area contributed by atoms with E-state index in [0.29, 0.717) is 5.92 Å². The van der Waals surface area contributed by atoms with Crippen molar-refractivity contribution in [2.75, 3.05) is 18.6 Å². The molecule has 0 N–H and O–H groups in total. The second-order valence-electron chi connectivity index (χ2n) is 4.22. The van der Waals surface area contributed by atoms with E-state index in [9.17, 15) is 0 Å². The zero-order valence-electron chi connectivity index (χ0n) is 9.80. The molecule has 0 bridgehead atoms. The smallest absolute Gasteiger partial charge is 0.216 e. The molecule has 17 heavy (non-hydrogen) atoms. The van der Waals surface area contributed by atoms with Gasteiger partial charge in [-0.3, -0.25) is 0 Å². The van der Waals surface area contributed by atoms with E-state index in [2.05, 4.69) is 10.1 Å². The Balaban J connectivity index is 2.00. The fraction of sp³-hybridized carbons (Fsp3) is 0.500. The van der Waals surface area contributed by atoms with Crippen molar-refractivity contribution in [3.8, 4) is 5.88 Å². The minimum atomic E-state index is 0.498. The molecule has 1 aliphatic heterocycles. The summed E-state index contributed by atoms with van der Waals surface area (Å²) >= 11 is 2.00. The molecular formula is C12H15N3OS. The Morgan fingerprint density at radius 1 is 1.47 bits per heavy atom. The maximum atomic E-state index is 5.28. The first-order chi connectivity index (χ1) is 8.38.